The van der Waals surface area contributed by atoms with E-state index in [0.717, 1.165) is 16.9 Å². The van der Waals surface area contributed by atoms with Crippen LogP contribution in [0.5, 0.6) is 5.75 Å². The smallest absolute Gasteiger partial charge is 0.262 e. The first-order chi connectivity index (χ1) is 11.8. The van der Waals surface area contributed by atoms with E-state index >= 15 is 0 Å². The summed E-state index contributed by atoms with van der Waals surface area (Å²) in [4.78, 5) is 8.80. The van der Waals surface area contributed by atoms with E-state index in [9.17, 15) is 0 Å². The van der Waals surface area contributed by atoms with E-state index in [1.807, 2.05) is 48.7 Å². The van der Waals surface area contributed by atoms with E-state index < -0.39 is 0 Å². The maximum atomic E-state index is 5.36. The molecule has 3 heterocycles. The largest absolute Gasteiger partial charge is 0.496 e. The zero-order chi connectivity index (χ0) is 16.4. The van der Waals surface area contributed by atoms with Crippen molar-refractivity contribution in [3.05, 3.63) is 61.1 Å². The highest BCUT2D eigenvalue weighted by molar-refractivity contribution is 5.65. The summed E-state index contributed by atoms with van der Waals surface area (Å²) in [6, 6.07) is 13.1. The van der Waals surface area contributed by atoms with E-state index in [1.54, 1.807) is 24.2 Å². The molecule has 0 bridgehead atoms. The monoisotopic (exact) mass is 319 g/mol. The third kappa shape index (κ3) is 2.52. The number of ether oxygens (including phenoxy) is 1. The van der Waals surface area contributed by atoms with E-state index in [2.05, 4.69) is 20.2 Å². The molecule has 0 amide bonds. The Kier molecular flexibility index (Phi) is 3.51. The third-order valence-electron chi connectivity index (χ3n) is 3.51. The zero-order valence-electron chi connectivity index (χ0n) is 12.8. The SMILES string of the molecule is COc1ccccc1-c1nc(-c2ccc(-n3cccn3)nc2)no1. The first-order valence-electron chi connectivity index (χ1n) is 7.29. The van der Waals surface area contributed by atoms with Gasteiger partial charge in [0, 0.05) is 24.2 Å². The van der Waals surface area contributed by atoms with Gasteiger partial charge in [-0.25, -0.2) is 9.67 Å². The summed E-state index contributed by atoms with van der Waals surface area (Å²) in [5.74, 6) is 2.27. The van der Waals surface area contributed by atoms with Gasteiger partial charge in [-0.05, 0) is 30.3 Å². The molecule has 0 spiro atoms. The number of benzene rings is 1. The van der Waals surface area contributed by atoms with Gasteiger partial charge < -0.3 is 9.26 Å². The Morgan fingerprint density at radius 2 is 2.00 bits per heavy atom. The minimum Gasteiger partial charge on any atom is -0.496 e. The van der Waals surface area contributed by atoms with E-state index in [0.29, 0.717) is 17.5 Å². The Balaban J connectivity index is 1.65. The molecule has 4 aromatic rings. The molecule has 0 N–H and O–H groups in total. The molecule has 7 nitrogen and oxygen atoms in total. The normalized spacial score (nSPS) is 10.7. The molecule has 0 saturated carbocycles. The molecular weight excluding hydrogens is 306 g/mol. The molecule has 0 aliphatic carbocycles. The molecule has 0 saturated heterocycles. The predicted molar refractivity (Wildman–Crippen MR) is 86.6 cm³/mol. The van der Waals surface area contributed by atoms with Crippen molar-refractivity contribution in [2.24, 2.45) is 0 Å². The lowest BCUT2D eigenvalue weighted by atomic mass is 10.2. The van der Waals surface area contributed by atoms with Crippen LogP contribution in [0.4, 0.5) is 0 Å². The van der Waals surface area contributed by atoms with Crippen LogP contribution in [0.1, 0.15) is 0 Å². The molecular formula is C17H13N5O2. The van der Waals surface area contributed by atoms with Gasteiger partial charge in [-0.1, -0.05) is 17.3 Å². The lowest BCUT2D eigenvalue weighted by Gasteiger charge is -2.02. The van der Waals surface area contributed by atoms with Crippen LogP contribution in [-0.2, 0) is 0 Å². The second-order valence-electron chi connectivity index (χ2n) is 4.98. The second kappa shape index (κ2) is 5.96. The van der Waals surface area contributed by atoms with Gasteiger partial charge in [0.05, 0.1) is 12.7 Å². The minimum atomic E-state index is 0.401. The predicted octanol–water partition coefficient (Wildman–Crippen LogP) is 2.99. The quantitative estimate of drug-likeness (QED) is 0.575. The highest BCUT2D eigenvalue weighted by Gasteiger charge is 2.14. The minimum absolute atomic E-state index is 0.401. The topological polar surface area (TPSA) is 78.9 Å². The van der Waals surface area contributed by atoms with Crippen LogP contribution < -0.4 is 4.74 Å². The first-order valence-corrected chi connectivity index (χ1v) is 7.29. The highest BCUT2D eigenvalue weighted by Crippen LogP contribution is 2.29. The standard InChI is InChI=1S/C17H13N5O2/c1-23-14-6-3-2-5-13(14)17-20-16(21-24-17)12-7-8-15(18-11-12)22-10-4-9-19-22/h2-11H,1H3. The van der Waals surface area contributed by atoms with Gasteiger partial charge in [0.15, 0.2) is 5.82 Å². The third-order valence-corrected chi connectivity index (χ3v) is 3.51. The van der Waals surface area contributed by atoms with E-state index in [1.165, 1.54) is 0 Å². The average molecular weight is 319 g/mol. The van der Waals surface area contributed by atoms with Gasteiger partial charge >= 0.3 is 0 Å². The highest BCUT2D eigenvalue weighted by atomic mass is 16.5. The maximum absolute atomic E-state index is 5.36. The summed E-state index contributed by atoms with van der Waals surface area (Å²) in [5, 5.41) is 8.17. The Labute approximate surface area is 137 Å². The number of nitrogens with zero attached hydrogens (tertiary/aromatic N) is 5. The fourth-order valence-electron chi connectivity index (χ4n) is 2.33. The summed E-state index contributed by atoms with van der Waals surface area (Å²) in [7, 11) is 1.61. The number of rotatable bonds is 4. The number of hydrogen-bond donors (Lipinski definition) is 0. The van der Waals surface area contributed by atoms with Gasteiger partial charge in [0.1, 0.15) is 5.75 Å². The van der Waals surface area contributed by atoms with Gasteiger partial charge in [-0.2, -0.15) is 10.1 Å². The first kappa shape index (κ1) is 14.1. The van der Waals surface area contributed by atoms with Crippen LogP contribution in [0, 0.1) is 0 Å². The van der Waals surface area contributed by atoms with Crippen molar-refractivity contribution >= 4 is 0 Å². The second-order valence-corrected chi connectivity index (χ2v) is 4.98. The summed E-state index contributed by atoms with van der Waals surface area (Å²) in [5.41, 5.74) is 1.51. The average Bonchev–Trinajstić information content (AvgIpc) is 3.34. The van der Waals surface area contributed by atoms with Crippen molar-refractivity contribution in [1.29, 1.82) is 0 Å². The molecule has 118 valence electrons. The van der Waals surface area contributed by atoms with Crippen molar-refractivity contribution in [3.63, 3.8) is 0 Å². The molecule has 7 heteroatoms. The van der Waals surface area contributed by atoms with Crippen molar-refractivity contribution < 1.29 is 9.26 Å². The van der Waals surface area contributed by atoms with Gasteiger partial charge in [-0.3, -0.25) is 0 Å². The molecule has 0 aliphatic rings. The zero-order valence-corrected chi connectivity index (χ0v) is 12.8. The summed E-state index contributed by atoms with van der Waals surface area (Å²) < 4.78 is 12.4. The lowest BCUT2D eigenvalue weighted by Crippen LogP contribution is -1.97. The van der Waals surface area contributed by atoms with Crippen LogP contribution in [-0.4, -0.2) is 32.0 Å². The molecule has 0 unspecified atom stereocenters. The van der Waals surface area contributed by atoms with E-state index in [4.69, 9.17) is 9.26 Å². The molecule has 0 atom stereocenters. The van der Waals surface area contributed by atoms with Crippen molar-refractivity contribution in [2.45, 2.75) is 0 Å². The van der Waals surface area contributed by atoms with Crippen molar-refractivity contribution in [1.82, 2.24) is 24.9 Å². The maximum Gasteiger partial charge on any atom is 0.262 e. The van der Waals surface area contributed by atoms with Gasteiger partial charge in [0.25, 0.3) is 5.89 Å². The Hall–Kier alpha value is -3.48. The van der Waals surface area contributed by atoms with Crippen LogP contribution in [0.25, 0.3) is 28.7 Å². The molecule has 0 aliphatic heterocycles. The van der Waals surface area contributed by atoms with Crippen molar-refractivity contribution in [3.8, 4) is 34.4 Å². The number of hydrogen-bond acceptors (Lipinski definition) is 6. The molecule has 0 radical (unpaired) electrons. The summed E-state index contributed by atoms with van der Waals surface area (Å²) in [6.45, 7) is 0. The van der Waals surface area contributed by atoms with Gasteiger partial charge in [-0.15, -0.1) is 0 Å². The molecule has 1 aromatic carbocycles. The Morgan fingerprint density at radius 3 is 2.75 bits per heavy atom. The number of methoxy groups -OCH3 is 1. The summed E-state index contributed by atoms with van der Waals surface area (Å²) in [6.07, 6.45) is 5.22. The molecule has 24 heavy (non-hydrogen) atoms. The van der Waals surface area contributed by atoms with Crippen LogP contribution >= 0.6 is 0 Å². The molecule has 0 fully saturated rings. The Bertz CT molecular complexity index is 945. The molecule has 4 rings (SSSR count). The van der Waals surface area contributed by atoms with Crippen LogP contribution in [0.2, 0.25) is 0 Å². The van der Waals surface area contributed by atoms with Gasteiger partial charge in [0.2, 0.25) is 5.82 Å². The number of pyridine rings is 1. The summed E-state index contributed by atoms with van der Waals surface area (Å²) >= 11 is 0. The Morgan fingerprint density at radius 1 is 1.08 bits per heavy atom. The fraction of sp³-hybridized carbons (Fsp3) is 0.0588. The number of para-hydroxylation sites is 1. The number of aromatic nitrogens is 5. The van der Waals surface area contributed by atoms with Crippen LogP contribution in [0.3, 0.4) is 0 Å². The van der Waals surface area contributed by atoms with Crippen molar-refractivity contribution in [2.75, 3.05) is 7.11 Å². The fourth-order valence-corrected chi connectivity index (χ4v) is 2.33. The molecule has 3 aromatic heterocycles. The van der Waals surface area contributed by atoms with E-state index in [-0.39, 0.29) is 0 Å². The lowest BCUT2D eigenvalue weighted by molar-refractivity contribution is 0.405. The van der Waals surface area contributed by atoms with Crippen LogP contribution in [0.15, 0.2) is 65.6 Å².